The molecule has 96 valence electrons. The number of carbonyl (C=O) groups is 1. The van der Waals surface area contributed by atoms with Crippen molar-refractivity contribution in [3.05, 3.63) is 0 Å². The van der Waals surface area contributed by atoms with Crippen molar-refractivity contribution in [2.24, 2.45) is 0 Å². The third-order valence-electron chi connectivity index (χ3n) is 2.45. The summed E-state index contributed by atoms with van der Waals surface area (Å²) in [6.45, 7) is 4.01. The van der Waals surface area contributed by atoms with Gasteiger partial charge in [-0.3, -0.25) is 0 Å². The lowest BCUT2D eigenvalue weighted by Crippen LogP contribution is -2.44. The molecule has 0 spiro atoms. The van der Waals surface area contributed by atoms with E-state index in [2.05, 4.69) is 24.3 Å². The van der Waals surface area contributed by atoms with Crippen LogP contribution in [0.3, 0.4) is 0 Å². The third kappa shape index (κ3) is 6.63. The van der Waals surface area contributed by atoms with Crippen molar-refractivity contribution in [1.82, 2.24) is 20.0 Å². The highest BCUT2D eigenvalue weighted by molar-refractivity contribution is 5.74. The highest BCUT2D eigenvalue weighted by atomic mass is 16.2. The third-order valence-corrected chi connectivity index (χ3v) is 2.45. The Labute approximate surface area is 99.4 Å². The fraction of sp³-hybridized carbons (Fsp3) is 0.909. The molecule has 5 nitrogen and oxygen atoms in total. The van der Waals surface area contributed by atoms with Crippen LogP contribution in [0.1, 0.15) is 6.42 Å². The summed E-state index contributed by atoms with van der Waals surface area (Å²) in [6.07, 6.45) is 1.10. The van der Waals surface area contributed by atoms with Crippen LogP contribution in [0.5, 0.6) is 0 Å². The lowest BCUT2D eigenvalue weighted by molar-refractivity contribution is 0.153. The number of nitrogens with zero attached hydrogens (tertiary/aromatic N) is 3. The molecule has 1 heterocycles. The first-order valence-electron chi connectivity index (χ1n) is 5.74. The molecule has 0 aliphatic carbocycles. The Hall–Kier alpha value is -0.810. The molecule has 0 saturated carbocycles. The Morgan fingerprint density at radius 2 is 1.75 bits per heavy atom. The van der Waals surface area contributed by atoms with Crippen molar-refractivity contribution in [1.29, 1.82) is 0 Å². The van der Waals surface area contributed by atoms with E-state index in [1.807, 2.05) is 21.1 Å². The van der Waals surface area contributed by atoms with E-state index in [4.69, 9.17) is 0 Å². The van der Waals surface area contributed by atoms with Crippen molar-refractivity contribution < 1.29 is 4.79 Å². The number of urea groups is 1. The molecule has 16 heavy (non-hydrogen) atoms. The molecule has 1 fully saturated rings. The second kappa shape index (κ2) is 8.35. The van der Waals surface area contributed by atoms with Crippen molar-refractivity contribution in [2.45, 2.75) is 6.42 Å². The van der Waals surface area contributed by atoms with Gasteiger partial charge in [-0.15, -0.1) is 0 Å². The van der Waals surface area contributed by atoms with Gasteiger partial charge in [0.2, 0.25) is 0 Å². The van der Waals surface area contributed by atoms with Gasteiger partial charge in [0, 0.05) is 40.3 Å². The van der Waals surface area contributed by atoms with E-state index in [-0.39, 0.29) is 6.03 Å². The van der Waals surface area contributed by atoms with Crippen LogP contribution in [0.15, 0.2) is 0 Å². The van der Waals surface area contributed by atoms with Crippen LogP contribution in [-0.4, -0.2) is 82.1 Å². The van der Waals surface area contributed by atoms with Crippen LogP contribution < -0.4 is 5.32 Å². The van der Waals surface area contributed by atoms with Gasteiger partial charge in [-0.25, -0.2) is 4.79 Å². The highest BCUT2D eigenvalue weighted by Crippen LogP contribution is 2.02. The molecule has 0 unspecified atom stereocenters. The molecule has 1 N–H and O–H groups in total. The molecule has 1 aliphatic heterocycles. The van der Waals surface area contributed by atoms with Gasteiger partial charge in [0.1, 0.15) is 0 Å². The van der Waals surface area contributed by atoms with Gasteiger partial charge in [0.25, 0.3) is 0 Å². The van der Waals surface area contributed by atoms with Gasteiger partial charge in [0.05, 0.1) is 0 Å². The van der Waals surface area contributed by atoms with Crippen molar-refractivity contribution >= 4 is 6.03 Å². The van der Waals surface area contributed by atoms with Crippen molar-refractivity contribution in [3.8, 4) is 0 Å². The zero-order chi connectivity index (χ0) is 12.6. The summed E-state index contributed by atoms with van der Waals surface area (Å²) in [5.41, 5.74) is 0. The molecule has 0 aromatic rings. The molecule has 2 amide bonds. The second-order valence-corrected chi connectivity index (χ2v) is 4.39. The summed E-state index contributed by atoms with van der Waals surface area (Å²) in [5.74, 6) is 0. The molecule has 0 radical (unpaired) electrons. The van der Waals surface area contributed by atoms with E-state index in [1.54, 1.807) is 9.80 Å². The Morgan fingerprint density at radius 3 is 2.00 bits per heavy atom. The van der Waals surface area contributed by atoms with Crippen LogP contribution in [0.4, 0.5) is 4.79 Å². The minimum Gasteiger partial charge on any atom is -0.328 e. The van der Waals surface area contributed by atoms with Crippen LogP contribution in [-0.2, 0) is 0 Å². The minimum atomic E-state index is 0.140. The lowest BCUT2D eigenvalue weighted by Gasteiger charge is -2.30. The number of hydrogen-bond donors (Lipinski definition) is 1. The van der Waals surface area contributed by atoms with Crippen molar-refractivity contribution in [3.63, 3.8) is 0 Å². The summed E-state index contributed by atoms with van der Waals surface area (Å²) in [7, 11) is 9.76. The van der Waals surface area contributed by atoms with Gasteiger partial charge in [-0.05, 0) is 27.6 Å². The molecule has 1 aliphatic rings. The van der Waals surface area contributed by atoms with Gasteiger partial charge in [-0.2, -0.15) is 0 Å². The van der Waals surface area contributed by atoms with E-state index in [0.717, 1.165) is 32.6 Å². The van der Waals surface area contributed by atoms with E-state index >= 15 is 0 Å². The number of amides is 2. The minimum absolute atomic E-state index is 0.140. The summed E-state index contributed by atoms with van der Waals surface area (Å²) in [4.78, 5) is 16.6. The lowest BCUT2D eigenvalue weighted by atomic mass is 10.3. The van der Waals surface area contributed by atoms with Crippen LogP contribution in [0.25, 0.3) is 0 Å². The standard InChI is InChI=1S/C6H12N2O.C5H14N2/c1-7-4-3-5-8(2)6(7)9;1-6-4-5-7(2)3/h3-5H2,1-2H3;6H,4-5H2,1-3H3. The normalized spacial score (nSPS) is 16.2. The predicted octanol–water partition coefficient (Wildman–Crippen LogP) is 0.141. The van der Waals surface area contributed by atoms with Crippen LogP contribution in [0, 0.1) is 0 Å². The van der Waals surface area contributed by atoms with Gasteiger partial charge >= 0.3 is 6.03 Å². The first-order valence-corrected chi connectivity index (χ1v) is 5.74. The van der Waals surface area contributed by atoms with E-state index in [1.165, 1.54) is 0 Å². The number of nitrogens with one attached hydrogen (secondary N) is 1. The molecular formula is C11H26N4O. The quantitative estimate of drug-likeness (QED) is 0.749. The number of hydrogen-bond acceptors (Lipinski definition) is 3. The van der Waals surface area contributed by atoms with Gasteiger partial charge in [0.15, 0.2) is 0 Å². The average Bonchev–Trinajstić information content (AvgIpc) is 2.24. The topological polar surface area (TPSA) is 38.8 Å². The summed E-state index contributed by atoms with van der Waals surface area (Å²) in [5, 5.41) is 3.06. The molecular weight excluding hydrogens is 204 g/mol. The number of rotatable bonds is 3. The molecule has 0 aromatic carbocycles. The maximum absolute atomic E-state index is 11.0. The number of carbonyl (C=O) groups excluding carboxylic acids is 1. The largest absolute Gasteiger partial charge is 0.328 e. The Kier molecular flexibility index (Phi) is 7.93. The molecule has 0 atom stereocenters. The summed E-state index contributed by atoms with van der Waals surface area (Å²) in [6, 6.07) is 0.140. The molecule has 1 saturated heterocycles. The highest BCUT2D eigenvalue weighted by Gasteiger charge is 2.17. The fourth-order valence-electron chi connectivity index (χ4n) is 1.36. The summed E-state index contributed by atoms with van der Waals surface area (Å²) < 4.78 is 0. The number of likely N-dealkylation sites (N-methyl/N-ethyl adjacent to an activating group) is 2. The Morgan fingerprint density at radius 1 is 1.25 bits per heavy atom. The average molecular weight is 230 g/mol. The van der Waals surface area contributed by atoms with E-state index in [0.29, 0.717) is 0 Å². The van der Waals surface area contributed by atoms with Gasteiger partial charge in [-0.1, -0.05) is 0 Å². The smallest absolute Gasteiger partial charge is 0.319 e. The van der Waals surface area contributed by atoms with Crippen molar-refractivity contribution in [2.75, 3.05) is 61.4 Å². The zero-order valence-corrected chi connectivity index (χ0v) is 11.3. The first kappa shape index (κ1) is 15.2. The van der Waals surface area contributed by atoms with Crippen LogP contribution >= 0.6 is 0 Å². The Bertz CT molecular complexity index is 184. The molecule has 0 aromatic heterocycles. The Balaban J connectivity index is 0.000000293. The molecule has 5 heteroatoms. The SMILES string of the molecule is CN1CCCN(C)C1=O.CNCCN(C)C. The zero-order valence-electron chi connectivity index (χ0n) is 11.3. The van der Waals surface area contributed by atoms with E-state index in [9.17, 15) is 4.79 Å². The van der Waals surface area contributed by atoms with Gasteiger partial charge < -0.3 is 20.0 Å². The molecule has 1 rings (SSSR count). The van der Waals surface area contributed by atoms with E-state index < -0.39 is 0 Å². The second-order valence-electron chi connectivity index (χ2n) is 4.39. The molecule has 0 bridgehead atoms. The summed E-state index contributed by atoms with van der Waals surface area (Å²) >= 11 is 0. The first-order chi connectivity index (χ1) is 7.49. The van der Waals surface area contributed by atoms with Crippen LogP contribution in [0.2, 0.25) is 0 Å². The monoisotopic (exact) mass is 230 g/mol. The predicted molar refractivity (Wildman–Crippen MR) is 67.8 cm³/mol. The maximum Gasteiger partial charge on any atom is 0.319 e. The maximum atomic E-state index is 11.0. The fourth-order valence-corrected chi connectivity index (χ4v) is 1.36.